The van der Waals surface area contributed by atoms with E-state index in [1.165, 1.54) is 5.56 Å². The van der Waals surface area contributed by atoms with Crippen molar-refractivity contribution in [3.8, 4) is 0 Å². The number of carbonyl (C=O) groups is 1. The second-order valence-electron chi connectivity index (χ2n) is 5.45. The Morgan fingerprint density at radius 2 is 1.95 bits per heavy atom. The van der Waals surface area contributed by atoms with Gasteiger partial charge in [0.25, 0.3) is 0 Å². The monoisotopic (exact) mass is 278 g/mol. The van der Waals surface area contributed by atoms with Gasteiger partial charge in [0.1, 0.15) is 0 Å². The van der Waals surface area contributed by atoms with Crippen molar-refractivity contribution in [2.45, 2.75) is 32.9 Å². The molecule has 0 fully saturated rings. The van der Waals surface area contributed by atoms with Gasteiger partial charge in [0.05, 0.1) is 5.92 Å². The smallest absolute Gasteiger partial charge is 0.307 e. The Labute approximate surface area is 121 Å². The molecule has 4 nitrogen and oxygen atoms in total. The summed E-state index contributed by atoms with van der Waals surface area (Å²) in [5.41, 5.74) is 1.32. The lowest BCUT2D eigenvalue weighted by Crippen LogP contribution is -2.37. The highest BCUT2D eigenvalue weighted by atomic mass is 16.4. The third kappa shape index (κ3) is 6.17. The average Bonchev–Trinajstić information content (AvgIpc) is 2.43. The number of carboxylic acids is 1. The fourth-order valence-electron chi connectivity index (χ4n) is 2.04. The zero-order valence-corrected chi connectivity index (χ0v) is 12.7. The van der Waals surface area contributed by atoms with E-state index in [1.807, 2.05) is 13.0 Å². The highest BCUT2D eigenvalue weighted by Crippen LogP contribution is 2.04. The summed E-state index contributed by atoms with van der Waals surface area (Å²) >= 11 is 0. The predicted molar refractivity (Wildman–Crippen MR) is 81.7 cm³/mol. The van der Waals surface area contributed by atoms with Crippen LogP contribution in [0.2, 0.25) is 0 Å². The van der Waals surface area contributed by atoms with Crippen LogP contribution in [0.3, 0.4) is 0 Å². The molecule has 0 spiro atoms. The van der Waals surface area contributed by atoms with Gasteiger partial charge >= 0.3 is 5.97 Å². The number of hydrogen-bond donors (Lipinski definition) is 2. The molecule has 1 rings (SSSR count). The molecular formula is C16H26N2O2. The van der Waals surface area contributed by atoms with E-state index >= 15 is 0 Å². The summed E-state index contributed by atoms with van der Waals surface area (Å²) in [6.45, 7) is 6.45. The lowest BCUT2D eigenvalue weighted by atomic mass is 10.0. The summed E-state index contributed by atoms with van der Waals surface area (Å²) in [6, 6.07) is 10.4. The van der Waals surface area contributed by atoms with Crippen molar-refractivity contribution in [3.63, 3.8) is 0 Å². The normalized spacial score (nSPS) is 14.2. The molecule has 0 saturated carbocycles. The minimum Gasteiger partial charge on any atom is -0.481 e. The maximum atomic E-state index is 10.8. The molecule has 1 aromatic carbocycles. The Morgan fingerprint density at radius 1 is 1.30 bits per heavy atom. The van der Waals surface area contributed by atoms with Crippen LogP contribution in [0, 0.1) is 5.92 Å². The first kappa shape index (κ1) is 16.7. The van der Waals surface area contributed by atoms with Crippen LogP contribution in [-0.4, -0.2) is 42.2 Å². The Kier molecular flexibility index (Phi) is 7.26. The SMILES string of the molecule is CC(NCCCN(C)Cc1ccccc1)C(C)C(=O)O. The molecule has 2 unspecified atom stereocenters. The maximum absolute atomic E-state index is 10.8. The quantitative estimate of drug-likeness (QED) is 0.680. The van der Waals surface area contributed by atoms with E-state index < -0.39 is 5.97 Å². The van der Waals surface area contributed by atoms with Crippen LogP contribution in [0.15, 0.2) is 30.3 Å². The molecule has 0 bridgehead atoms. The highest BCUT2D eigenvalue weighted by Gasteiger charge is 2.18. The van der Waals surface area contributed by atoms with E-state index in [1.54, 1.807) is 6.92 Å². The van der Waals surface area contributed by atoms with Crippen LogP contribution in [0.5, 0.6) is 0 Å². The Balaban J connectivity index is 2.16. The molecule has 112 valence electrons. The number of hydrogen-bond acceptors (Lipinski definition) is 3. The summed E-state index contributed by atoms with van der Waals surface area (Å²) in [5, 5.41) is 12.2. The molecule has 0 amide bonds. The van der Waals surface area contributed by atoms with Gasteiger partial charge in [-0.3, -0.25) is 4.79 Å². The first-order valence-corrected chi connectivity index (χ1v) is 7.19. The summed E-state index contributed by atoms with van der Waals surface area (Å²) in [4.78, 5) is 13.1. The van der Waals surface area contributed by atoms with Gasteiger partial charge in [-0.05, 0) is 39.0 Å². The third-order valence-corrected chi connectivity index (χ3v) is 3.62. The number of carboxylic acid groups (broad SMARTS) is 1. The van der Waals surface area contributed by atoms with Gasteiger partial charge < -0.3 is 15.3 Å². The van der Waals surface area contributed by atoms with Crippen molar-refractivity contribution in [1.82, 2.24) is 10.2 Å². The summed E-state index contributed by atoms with van der Waals surface area (Å²) < 4.78 is 0. The third-order valence-electron chi connectivity index (χ3n) is 3.62. The van der Waals surface area contributed by atoms with Crippen molar-refractivity contribution >= 4 is 5.97 Å². The molecular weight excluding hydrogens is 252 g/mol. The molecule has 0 aliphatic rings. The standard InChI is InChI=1S/C16H26N2O2/c1-13(16(19)20)14(2)17-10-7-11-18(3)12-15-8-5-4-6-9-15/h4-6,8-9,13-14,17H,7,10-12H2,1-3H3,(H,19,20). The second-order valence-corrected chi connectivity index (χ2v) is 5.45. The Bertz CT molecular complexity index is 395. The van der Waals surface area contributed by atoms with Crippen LogP contribution in [0.1, 0.15) is 25.8 Å². The Morgan fingerprint density at radius 3 is 2.55 bits per heavy atom. The zero-order valence-electron chi connectivity index (χ0n) is 12.7. The van der Waals surface area contributed by atoms with E-state index in [-0.39, 0.29) is 12.0 Å². The van der Waals surface area contributed by atoms with Crippen molar-refractivity contribution < 1.29 is 9.90 Å². The van der Waals surface area contributed by atoms with Crippen LogP contribution < -0.4 is 5.32 Å². The molecule has 0 radical (unpaired) electrons. The van der Waals surface area contributed by atoms with Gasteiger partial charge in [0.2, 0.25) is 0 Å². The molecule has 0 saturated heterocycles. The fraction of sp³-hybridized carbons (Fsp3) is 0.562. The molecule has 2 N–H and O–H groups in total. The zero-order chi connectivity index (χ0) is 15.0. The van der Waals surface area contributed by atoms with Gasteiger partial charge in [-0.2, -0.15) is 0 Å². The number of nitrogens with one attached hydrogen (secondary N) is 1. The van der Waals surface area contributed by atoms with E-state index in [0.717, 1.165) is 26.1 Å². The second kappa shape index (κ2) is 8.72. The fourth-order valence-corrected chi connectivity index (χ4v) is 2.04. The number of aliphatic carboxylic acids is 1. The molecule has 0 heterocycles. The van der Waals surface area contributed by atoms with Gasteiger partial charge in [-0.25, -0.2) is 0 Å². The lowest BCUT2D eigenvalue weighted by Gasteiger charge is -2.20. The van der Waals surface area contributed by atoms with E-state index in [2.05, 4.69) is 41.5 Å². The summed E-state index contributed by atoms with van der Waals surface area (Å²) in [6.07, 6.45) is 1.01. The average molecular weight is 278 g/mol. The van der Waals surface area contributed by atoms with E-state index in [4.69, 9.17) is 5.11 Å². The van der Waals surface area contributed by atoms with Gasteiger partial charge in [-0.15, -0.1) is 0 Å². The lowest BCUT2D eigenvalue weighted by molar-refractivity contribution is -0.141. The van der Waals surface area contributed by atoms with Crippen molar-refractivity contribution in [3.05, 3.63) is 35.9 Å². The van der Waals surface area contributed by atoms with Gasteiger partial charge in [0, 0.05) is 12.6 Å². The molecule has 2 atom stereocenters. The molecule has 1 aromatic rings. The van der Waals surface area contributed by atoms with E-state index in [0.29, 0.717) is 0 Å². The van der Waals surface area contributed by atoms with Crippen molar-refractivity contribution in [1.29, 1.82) is 0 Å². The largest absolute Gasteiger partial charge is 0.481 e. The molecule has 0 aliphatic carbocycles. The topological polar surface area (TPSA) is 52.6 Å². The number of rotatable bonds is 9. The van der Waals surface area contributed by atoms with Crippen LogP contribution in [0.25, 0.3) is 0 Å². The molecule has 4 heteroatoms. The van der Waals surface area contributed by atoms with Crippen LogP contribution in [-0.2, 0) is 11.3 Å². The highest BCUT2D eigenvalue weighted by molar-refractivity contribution is 5.70. The summed E-state index contributed by atoms with van der Waals surface area (Å²) in [7, 11) is 2.11. The first-order chi connectivity index (χ1) is 9.50. The van der Waals surface area contributed by atoms with Crippen molar-refractivity contribution in [2.75, 3.05) is 20.1 Å². The number of benzene rings is 1. The van der Waals surface area contributed by atoms with Crippen LogP contribution >= 0.6 is 0 Å². The van der Waals surface area contributed by atoms with Gasteiger partial charge in [-0.1, -0.05) is 37.3 Å². The number of nitrogens with zero attached hydrogens (tertiary/aromatic N) is 1. The maximum Gasteiger partial charge on any atom is 0.307 e. The van der Waals surface area contributed by atoms with Gasteiger partial charge in [0.15, 0.2) is 0 Å². The minimum absolute atomic E-state index is 0.00642. The molecule has 0 aliphatic heterocycles. The summed E-state index contributed by atoms with van der Waals surface area (Å²) in [5.74, 6) is -1.09. The molecule has 20 heavy (non-hydrogen) atoms. The molecule has 0 aromatic heterocycles. The van der Waals surface area contributed by atoms with E-state index in [9.17, 15) is 4.79 Å². The van der Waals surface area contributed by atoms with Crippen molar-refractivity contribution in [2.24, 2.45) is 5.92 Å². The predicted octanol–water partition coefficient (Wildman–Crippen LogP) is 2.21. The first-order valence-electron chi connectivity index (χ1n) is 7.19. The Hall–Kier alpha value is -1.39. The van der Waals surface area contributed by atoms with Crippen LogP contribution in [0.4, 0.5) is 0 Å². The minimum atomic E-state index is -0.744.